The lowest BCUT2D eigenvalue weighted by Crippen LogP contribution is -3.04. The largest absolute Gasteiger partial charge is 0.402 e. The highest BCUT2D eigenvalue weighted by Crippen LogP contribution is 2.32. The summed E-state index contributed by atoms with van der Waals surface area (Å²) in [5, 5.41) is 15.8. The maximum absolute atomic E-state index is 13.0. The lowest BCUT2D eigenvalue weighted by molar-refractivity contribution is -0.770. The van der Waals surface area contributed by atoms with Crippen molar-refractivity contribution in [2.45, 2.75) is 151 Å². The third-order valence-electron chi connectivity index (χ3n) is 14.5. The van der Waals surface area contributed by atoms with E-state index in [4.69, 9.17) is 21.4 Å². The number of nitrogens with two attached hydrogens (primary N) is 3. The summed E-state index contributed by atoms with van der Waals surface area (Å²) in [5.41, 5.74) is 30.8. The zero-order valence-electron chi connectivity index (χ0n) is 47.4. The molecule has 76 heavy (non-hydrogen) atoms. The minimum atomic E-state index is -0.264. The molecule has 12 heteroatoms. The number of anilines is 2. The van der Waals surface area contributed by atoms with E-state index >= 15 is 0 Å². The van der Waals surface area contributed by atoms with Crippen LogP contribution in [0.2, 0.25) is 0 Å². The predicted molar refractivity (Wildman–Crippen MR) is 316 cm³/mol. The number of fused-ring (bicyclic) bond motifs is 2. The fourth-order valence-electron chi connectivity index (χ4n) is 10.5. The molecule has 0 saturated heterocycles. The Morgan fingerprint density at radius 3 is 1.74 bits per heavy atom. The van der Waals surface area contributed by atoms with E-state index in [0.717, 1.165) is 161 Å². The molecule has 2 amide bonds. The summed E-state index contributed by atoms with van der Waals surface area (Å²) in [6, 6.07) is 23.8. The number of nitrogens with one attached hydrogen (secondary N) is 4. The smallest absolute Gasteiger partial charge is 0.251 e. The van der Waals surface area contributed by atoms with E-state index in [0.29, 0.717) is 24.2 Å². The maximum Gasteiger partial charge on any atom is 0.251 e. The van der Waals surface area contributed by atoms with E-state index in [9.17, 15) is 9.59 Å². The molecular weight excluding hydrogens is 941 g/mol. The number of hydrogen-bond acceptors (Lipinski definition) is 8. The number of carbonyl (C=O) groups is 2. The monoisotopic (exact) mass is 1030 g/mol. The number of carbonyl (C=O) groups excluding carboxylic acids is 2. The van der Waals surface area contributed by atoms with Crippen LogP contribution in [-0.2, 0) is 5.54 Å². The van der Waals surface area contributed by atoms with Crippen LogP contribution in [0.3, 0.4) is 0 Å². The van der Waals surface area contributed by atoms with Crippen LogP contribution in [-0.4, -0.2) is 59.8 Å². The molecule has 4 aromatic carbocycles. The van der Waals surface area contributed by atoms with Crippen molar-refractivity contribution in [1.29, 1.82) is 0 Å². The Bertz CT molecular complexity index is 3130. The van der Waals surface area contributed by atoms with Crippen LogP contribution in [0.1, 0.15) is 152 Å². The van der Waals surface area contributed by atoms with Crippen molar-refractivity contribution >= 4 is 51.0 Å². The second-order valence-electron chi connectivity index (χ2n) is 23.6. The molecule has 0 fully saturated rings. The highest BCUT2D eigenvalue weighted by Gasteiger charge is 2.40. The fourth-order valence-corrected chi connectivity index (χ4v) is 10.5. The van der Waals surface area contributed by atoms with Gasteiger partial charge in [0.15, 0.2) is 5.54 Å². The summed E-state index contributed by atoms with van der Waals surface area (Å²) in [6.45, 7) is 31.2. The highest BCUT2D eigenvalue weighted by atomic mass is 16.2. The predicted octanol–water partition coefficient (Wildman–Crippen LogP) is 11.1. The van der Waals surface area contributed by atoms with Crippen molar-refractivity contribution in [2.75, 3.05) is 37.2 Å². The Morgan fingerprint density at radius 2 is 1.20 bits per heavy atom. The number of nitrogen functional groups attached to an aromatic ring is 1. The second kappa shape index (κ2) is 24.3. The number of allylic oxidation sites excluding steroid dienone is 6. The number of benzene rings is 4. The molecule has 2 aliphatic rings. The van der Waals surface area contributed by atoms with Gasteiger partial charge in [-0.2, -0.15) is 4.57 Å². The maximum atomic E-state index is 13.0. The van der Waals surface area contributed by atoms with Crippen LogP contribution >= 0.6 is 0 Å². The zero-order chi connectivity index (χ0) is 55.0. The first-order valence-corrected chi connectivity index (χ1v) is 27.5. The number of rotatable bonds is 21. The standard InChI is InChI=1S/C64H84N10O2/c1-41-33-55-57(38-50(41)65)74(63(9,10)11)58-39-53(44(4)36-56(58)71-55)68-30-18-14-16-20-32-70-61(76)49-27-23-47(24-28-49)46-21-25-48(26-22-46)60(75)69-31-19-15-13-17-29-67-52-34-45(5)54(35-43(52)3)72-59-37-42(2)51(66)40-64(59,12)73-62(6,7)8/h21-28,33-39,67,73H,5,13-20,29-32,40,66H2,1-4,6-12H3,(H4,65,68,69,70,75,76)/p+2. The van der Waals surface area contributed by atoms with Crippen molar-refractivity contribution in [2.24, 2.45) is 10.7 Å². The molecule has 1 aromatic heterocycles. The van der Waals surface area contributed by atoms with Gasteiger partial charge in [-0.3, -0.25) is 9.59 Å². The van der Waals surface area contributed by atoms with Crippen molar-refractivity contribution in [1.82, 2.24) is 20.9 Å². The van der Waals surface area contributed by atoms with Gasteiger partial charge in [0, 0.05) is 99.4 Å². The van der Waals surface area contributed by atoms with Gasteiger partial charge in [-0.05, 0) is 175 Å². The number of amides is 2. The van der Waals surface area contributed by atoms with Gasteiger partial charge in [-0.1, -0.05) is 56.5 Å². The van der Waals surface area contributed by atoms with E-state index in [-0.39, 0.29) is 28.4 Å². The molecule has 5 aromatic rings. The Balaban J connectivity index is 0.763. The Labute approximate surface area is 452 Å². The topological polar surface area (TPSA) is 180 Å². The molecule has 1 atom stereocenters. The van der Waals surface area contributed by atoms with Gasteiger partial charge in [-0.15, -0.1) is 0 Å². The third kappa shape index (κ3) is 14.5. The minimum absolute atomic E-state index is 0.0164. The first-order chi connectivity index (χ1) is 36.0. The van der Waals surface area contributed by atoms with E-state index in [1.54, 1.807) is 0 Å². The number of unbranched alkanes of at least 4 members (excludes halogenated alkanes) is 6. The van der Waals surface area contributed by atoms with Crippen molar-refractivity contribution in [3.05, 3.63) is 154 Å². The second-order valence-corrected chi connectivity index (χ2v) is 23.6. The molecule has 0 aliphatic heterocycles. The van der Waals surface area contributed by atoms with Gasteiger partial charge in [-0.25, -0.2) is 9.98 Å². The minimum Gasteiger partial charge on any atom is -0.402 e. The molecule has 402 valence electrons. The first-order valence-electron chi connectivity index (χ1n) is 27.5. The summed E-state index contributed by atoms with van der Waals surface area (Å²) in [7, 11) is 0. The SMILES string of the molecule is C=C1C=C(NCCCCCCNC(=O)c2ccc(-c3ccc(C(=O)NCCCCCCNc4cc5c(cc4C)nc4cc(C)c(N)cc4[n+]5C(C)(C)C)cc3)cc2)C(C)=CC1=NC1=CC(C)=C(N)CC1(C)[NH2+]C(C)(C)C. The summed E-state index contributed by atoms with van der Waals surface area (Å²) in [5.74, 6) is -0.141. The summed E-state index contributed by atoms with van der Waals surface area (Å²) < 4.78 is 2.35. The molecule has 0 bridgehead atoms. The molecule has 12 nitrogen and oxygen atoms in total. The highest BCUT2D eigenvalue weighted by molar-refractivity contribution is 6.12. The molecule has 0 spiro atoms. The van der Waals surface area contributed by atoms with E-state index < -0.39 is 0 Å². The first kappa shape index (κ1) is 56.7. The Kier molecular flexibility index (Phi) is 18.1. The van der Waals surface area contributed by atoms with Gasteiger partial charge in [0.05, 0.1) is 11.3 Å². The number of nitrogens with zero attached hydrogens (tertiary/aromatic N) is 3. The Morgan fingerprint density at radius 1 is 0.684 bits per heavy atom. The molecule has 7 rings (SSSR count). The van der Waals surface area contributed by atoms with Gasteiger partial charge >= 0.3 is 0 Å². The number of aromatic nitrogens is 2. The molecule has 2 aliphatic carbocycles. The quantitative estimate of drug-likeness (QED) is 0.0165. The van der Waals surface area contributed by atoms with Gasteiger partial charge in [0.25, 0.3) is 11.8 Å². The van der Waals surface area contributed by atoms with Crippen LogP contribution < -0.4 is 42.6 Å². The van der Waals surface area contributed by atoms with Crippen molar-refractivity contribution in [3.63, 3.8) is 0 Å². The van der Waals surface area contributed by atoms with Crippen LogP contribution in [0.25, 0.3) is 33.2 Å². The van der Waals surface area contributed by atoms with Crippen LogP contribution in [0.15, 0.2) is 136 Å². The number of aliphatic imine (C=N–C) groups is 1. The molecule has 1 unspecified atom stereocenters. The average molecular weight is 1030 g/mol. The van der Waals surface area contributed by atoms with Gasteiger partial charge in [0.2, 0.25) is 11.0 Å². The molecule has 10 N–H and O–H groups in total. The third-order valence-corrected chi connectivity index (χ3v) is 14.5. The van der Waals surface area contributed by atoms with Crippen molar-refractivity contribution < 1.29 is 19.5 Å². The Hall–Kier alpha value is -7.05. The fraction of sp³-hybridized carbons (Fsp3) is 0.422. The number of aryl methyl sites for hydroxylation is 2. The zero-order valence-corrected chi connectivity index (χ0v) is 47.4. The average Bonchev–Trinajstić information content (AvgIpc) is 3.35. The number of hydrogen-bond donors (Lipinski definition) is 7. The lowest BCUT2D eigenvalue weighted by atomic mass is 9.83. The number of quaternary nitrogens is 1. The normalized spacial score (nSPS) is 16.7. The molecular formula is C64H86N10O2+2. The van der Waals surface area contributed by atoms with E-state index in [1.165, 1.54) is 5.56 Å². The summed E-state index contributed by atoms with van der Waals surface area (Å²) in [4.78, 5) is 36.2. The van der Waals surface area contributed by atoms with Crippen LogP contribution in [0.5, 0.6) is 0 Å². The van der Waals surface area contributed by atoms with Gasteiger partial charge in [0.1, 0.15) is 22.3 Å². The van der Waals surface area contributed by atoms with Crippen LogP contribution in [0, 0.1) is 13.8 Å². The lowest BCUT2D eigenvalue weighted by Gasteiger charge is -2.37. The summed E-state index contributed by atoms with van der Waals surface area (Å²) in [6.07, 6.45) is 15.2. The summed E-state index contributed by atoms with van der Waals surface area (Å²) >= 11 is 0. The molecule has 0 radical (unpaired) electrons. The molecule has 1 heterocycles. The van der Waals surface area contributed by atoms with Crippen LogP contribution in [0.4, 0.5) is 11.4 Å². The van der Waals surface area contributed by atoms with E-state index in [1.807, 2.05) is 55.5 Å². The van der Waals surface area contributed by atoms with Gasteiger partial charge < -0.3 is 38.1 Å². The van der Waals surface area contributed by atoms with E-state index in [2.05, 4.69) is 149 Å². The van der Waals surface area contributed by atoms with Crippen molar-refractivity contribution in [3.8, 4) is 11.1 Å². The molecule has 0 saturated carbocycles.